The van der Waals surface area contributed by atoms with Crippen molar-refractivity contribution in [3.05, 3.63) is 38.4 Å². The Morgan fingerprint density at radius 3 is 2.00 bits per heavy atom. The molecule has 0 fully saturated rings. The molecule has 0 aliphatic carbocycles. The fourth-order valence-corrected chi connectivity index (χ4v) is 1.91. The van der Waals surface area contributed by atoms with Crippen LogP contribution in [0.5, 0.6) is 0 Å². The maximum Gasteiger partial charge on any atom is 0.299 e. The van der Waals surface area contributed by atoms with Crippen LogP contribution in [0.3, 0.4) is 0 Å². The lowest BCUT2D eigenvalue weighted by Crippen LogP contribution is -2.17. The van der Waals surface area contributed by atoms with Crippen LogP contribution < -0.4 is 10.6 Å². The molecule has 0 aromatic heterocycles. The lowest BCUT2D eigenvalue weighted by Gasteiger charge is -2.08. The molecule has 26 heavy (non-hydrogen) atoms. The zero-order valence-electron chi connectivity index (χ0n) is 14.6. The van der Waals surface area contributed by atoms with Crippen LogP contribution in [0.2, 0.25) is 0 Å². The summed E-state index contributed by atoms with van der Waals surface area (Å²) in [5.41, 5.74) is -0.467. The summed E-state index contributed by atoms with van der Waals surface area (Å²) in [6.07, 6.45) is 0. The molecule has 1 aromatic carbocycles. The molecule has 0 atom stereocenters. The van der Waals surface area contributed by atoms with Crippen LogP contribution in [0.25, 0.3) is 0 Å². The third kappa shape index (κ3) is 8.67. The average Bonchev–Trinajstić information content (AvgIpc) is 2.62. The molecular formula is C15H24N4O7. The highest BCUT2D eigenvalue weighted by atomic mass is 16.6. The fraction of sp³-hybridized carbons (Fsp3) is 0.600. The zero-order valence-corrected chi connectivity index (χ0v) is 14.6. The molecule has 0 radical (unpaired) electrons. The van der Waals surface area contributed by atoms with Gasteiger partial charge >= 0.3 is 0 Å². The molecule has 146 valence electrons. The molecule has 11 nitrogen and oxygen atoms in total. The van der Waals surface area contributed by atoms with Crippen molar-refractivity contribution < 1.29 is 24.1 Å². The molecule has 0 saturated heterocycles. The molecule has 0 aliphatic heterocycles. The number of hydrogen-bond acceptors (Lipinski definition) is 9. The predicted molar refractivity (Wildman–Crippen MR) is 94.6 cm³/mol. The first-order valence-electron chi connectivity index (χ1n) is 8.10. The zero-order chi connectivity index (χ0) is 19.2. The number of nitro benzene ring substituents is 2. The maximum atomic E-state index is 11.0. The highest BCUT2D eigenvalue weighted by Crippen LogP contribution is 2.28. The molecule has 0 unspecified atom stereocenters. The topological polar surface area (TPSA) is 138 Å². The summed E-state index contributed by atoms with van der Waals surface area (Å²) in [5.74, 6) is 0. The number of nitrogens with one attached hydrogen (secondary N) is 2. The summed E-state index contributed by atoms with van der Waals surface area (Å²) in [7, 11) is 1.85. The lowest BCUT2D eigenvalue weighted by atomic mass is 10.2. The van der Waals surface area contributed by atoms with Gasteiger partial charge in [0.2, 0.25) is 0 Å². The van der Waals surface area contributed by atoms with E-state index in [1.165, 1.54) is 12.1 Å². The van der Waals surface area contributed by atoms with Crippen LogP contribution in [0.4, 0.5) is 17.1 Å². The minimum atomic E-state index is -0.675. The minimum absolute atomic E-state index is 0.208. The van der Waals surface area contributed by atoms with Gasteiger partial charge in [-0.15, -0.1) is 0 Å². The van der Waals surface area contributed by atoms with Crippen LogP contribution in [-0.4, -0.2) is 69.6 Å². The van der Waals surface area contributed by atoms with Crippen LogP contribution in [0.15, 0.2) is 18.2 Å². The number of nitro groups is 2. The number of benzene rings is 1. The molecule has 0 saturated carbocycles. The van der Waals surface area contributed by atoms with Crippen LogP contribution in [0.1, 0.15) is 0 Å². The Bertz CT molecular complexity index is 571. The van der Waals surface area contributed by atoms with Crippen molar-refractivity contribution in [2.24, 2.45) is 0 Å². The van der Waals surface area contributed by atoms with Gasteiger partial charge in [0.1, 0.15) is 5.69 Å². The molecule has 0 amide bonds. The van der Waals surface area contributed by atoms with Gasteiger partial charge < -0.3 is 24.8 Å². The van der Waals surface area contributed by atoms with Gasteiger partial charge in [-0.3, -0.25) is 20.2 Å². The van der Waals surface area contributed by atoms with Crippen molar-refractivity contribution in [1.29, 1.82) is 0 Å². The second-order valence-electron chi connectivity index (χ2n) is 5.08. The number of nitrogens with zero attached hydrogens (tertiary/aromatic N) is 2. The SMILES string of the molecule is CNCCOCCOCCOCCNc1ccc([N+](=O)[O-])cc1[N+](=O)[O-]. The smallest absolute Gasteiger partial charge is 0.299 e. The van der Waals surface area contributed by atoms with Gasteiger partial charge in [0.25, 0.3) is 11.4 Å². The van der Waals surface area contributed by atoms with Gasteiger partial charge in [-0.05, 0) is 13.1 Å². The average molecular weight is 372 g/mol. The van der Waals surface area contributed by atoms with Gasteiger partial charge in [-0.2, -0.15) is 0 Å². The summed E-state index contributed by atoms with van der Waals surface area (Å²) in [5, 5.41) is 27.5. The van der Waals surface area contributed by atoms with Crippen LogP contribution in [-0.2, 0) is 14.2 Å². The van der Waals surface area contributed by atoms with Crippen LogP contribution in [0, 0.1) is 20.2 Å². The van der Waals surface area contributed by atoms with Gasteiger partial charge in [0, 0.05) is 19.2 Å². The number of non-ortho nitro benzene ring substituents is 1. The van der Waals surface area contributed by atoms with E-state index in [1.807, 2.05) is 7.05 Å². The van der Waals surface area contributed by atoms with E-state index >= 15 is 0 Å². The Morgan fingerprint density at radius 1 is 0.885 bits per heavy atom. The molecule has 2 N–H and O–H groups in total. The Labute approximate surface area is 150 Å². The Balaban J connectivity index is 2.16. The largest absolute Gasteiger partial charge is 0.378 e. The first-order chi connectivity index (χ1) is 12.6. The second kappa shape index (κ2) is 12.9. The molecule has 0 bridgehead atoms. The molecule has 0 aliphatic rings. The summed E-state index contributed by atoms with van der Waals surface area (Å²) >= 11 is 0. The van der Waals surface area contributed by atoms with Crippen LogP contribution >= 0.6 is 0 Å². The standard InChI is InChI=1S/C15H24N4O7/c1-16-4-6-24-8-10-26-11-9-25-7-5-17-14-3-2-13(18(20)21)12-15(14)19(22)23/h2-3,12,16-17H,4-11H2,1H3. The molecule has 11 heteroatoms. The van der Waals surface area contributed by atoms with Gasteiger partial charge in [-0.1, -0.05) is 0 Å². The third-order valence-corrected chi connectivity index (χ3v) is 3.19. The first kappa shape index (κ1) is 21.7. The third-order valence-electron chi connectivity index (χ3n) is 3.19. The number of ether oxygens (including phenoxy) is 3. The quantitative estimate of drug-likeness (QED) is 0.264. The summed E-state index contributed by atoms with van der Waals surface area (Å²) in [4.78, 5) is 20.3. The van der Waals surface area contributed by atoms with Gasteiger partial charge in [0.05, 0.1) is 55.6 Å². The highest BCUT2D eigenvalue weighted by molar-refractivity contribution is 5.65. The molecule has 1 rings (SSSR count). The fourth-order valence-electron chi connectivity index (χ4n) is 1.91. The molecule has 0 heterocycles. The van der Waals surface area contributed by atoms with E-state index in [4.69, 9.17) is 14.2 Å². The van der Waals surface area contributed by atoms with E-state index in [0.717, 1.165) is 12.6 Å². The summed E-state index contributed by atoms with van der Waals surface area (Å²) in [6, 6.07) is 3.45. The summed E-state index contributed by atoms with van der Waals surface area (Å²) < 4.78 is 16.0. The summed E-state index contributed by atoms with van der Waals surface area (Å²) in [6.45, 7) is 3.89. The van der Waals surface area contributed by atoms with Crippen molar-refractivity contribution in [2.45, 2.75) is 0 Å². The van der Waals surface area contributed by atoms with Gasteiger partial charge in [-0.25, -0.2) is 0 Å². The number of anilines is 1. The Morgan fingerprint density at radius 2 is 1.46 bits per heavy atom. The lowest BCUT2D eigenvalue weighted by molar-refractivity contribution is -0.393. The van der Waals surface area contributed by atoms with Crippen molar-refractivity contribution in [1.82, 2.24) is 5.32 Å². The molecule has 0 spiro atoms. The van der Waals surface area contributed by atoms with E-state index in [-0.39, 0.29) is 17.1 Å². The monoisotopic (exact) mass is 372 g/mol. The van der Waals surface area contributed by atoms with E-state index < -0.39 is 9.85 Å². The first-order valence-corrected chi connectivity index (χ1v) is 8.10. The Hall–Kier alpha value is -2.34. The van der Waals surface area contributed by atoms with Crippen molar-refractivity contribution in [3.63, 3.8) is 0 Å². The van der Waals surface area contributed by atoms with Crippen molar-refractivity contribution in [2.75, 3.05) is 65.1 Å². The van der Waals surface area contributed by atoms with E-state index in [2.05, 4.69) is 10.6 Å². The second-order valence-corrected chi connectivity index (χ2v) is 5.08. The predicted octanol–water partition coefficient (Wildman–Crippen LogP) is 1.18. The van der Waals surface area contributed by atoms with E-state index in [1.54, 1.807) is 0 Å². The number of rotatable bonds is 15. The van der Waals surface area contributed by atoms with E-state index in [9.17, 15) is 20.2 Å². The van der Waals surface area contributed by atoms with Crippen molar-refractivity contribution >= 4 is 17.1 Å². The normalized spacial score (nSPS) is 10.7. The minimum Gasteiger partial charge on any atom is -0.378 e. The number of likely N-dealkylation sites (N-methyl/N-ethyl adjacent to an activating group) is 1. The maximum absolute atomic E-state index is 11.0. The molecular weight excluding hydrogens is 348 g/mol. The Kier molecular flexibility index (Phi) is 10.8. The van der Waals surface area contributed by atoms with Gasteiger partial charge in [0.15, 0.2) is 0 Å². The number of hydrogen-bond donors (Lipinski definition) is 2. The molecule has 1 aromatic rings. The van der Waals surface area contributed by atoms with E-state index in [0.29, 0.717) is 46.2 Å². The van der Waals surface area contributed by atoms with Crippen molar-refractivity contribution in [3.8, 4) is 0 Å². The highest BCUT2D eigenvalue weighted by Gasteiger charge is 2.18.